The predicted octanol–water partition coefficient (Wildman–Crippen LogP) is -3.58. The molecular formula is C20H29N7O10. The predicted molar refractivity (Wildman–Crippen MR) is 121 cm³/mol. The topological polar surface area (TPSA) is 297 Å². The quantitative estimate of drug-likeness (QED) is 0.0950. The van der Waals surface area contributed by atoms with Gasteiger partial charge in [-0.3, -0.25) is 28.8 Å². The number of H-pyrrole nitrogens is 1. The van der Waals surface area contributed by atoms with Crippen molar-refractivity contribution in [3.63, 3.8) is 0 Å². The molecule has 0 bridgehead atoms. The molecule has 11 N–H and O–H groups in total. The van der Waals surface area contributed by atoms with Crippen LogP contribution in [0.5, 0.6) is 0 Å². The highest BCUT2D eigenvalue weighted by Crippen LogP contribution is 2.06. The van der Waals surface area contributed by atoms with Crippen molar-refractivity contribution in [3.8, 4) is 0 Å². The van der Waals surface area contributed by atoms with E-state index in [9.17, 15) is 38.7 Å². The number of nitrogens with zero attached hydrogens (tertiary/aromatic N) is 1. The lowest BCUT2D eigenvalue weighted by Crippen LogP contribution is -2.58. The minimum atomic E-state index is -1.58. The van der Waals surface area contributed by atoms with Crippen molar-refractivity contribution < 1.29 is 48.9 Å². The van der Waals surface area contributed by atoms with Gasteiger partial charge in [-0.15, -0.1) is 0 Å². The number of aromatic nitrogens is 2. The number of amides is 4. The van der Waals surface area contributed by atoms with Gasteiger partial charge in [0.05, 0.1) is 18.8 Å². The van der Waals surface area contributed by atoms with Crippen molar-refractivity contribution in [2.45, 2.75) is 62.7 Å². The molecule has 4 unspecified atom stereocenters. The van der Waals surface area contributed by atoms with Crippen LogP contribution in [0.4, 0.5) is 0 Å². The largest absolute Gasteiger partial charge is 0.481 e. The fourth-order valence-electron chi connectivity index (χ4n) is 3.02. The van der Waals surface area contributed by atoms with E-state index < -0.39 is 97.8 Å². The first-order chi connectivity index (χ1) is 17.3. The molecule has 0 aliphatic heterocycles. The summed E-state index contributed by atoms with van der Waals surface area (Å²) in [6, 6.07) is -5.95. The summed E-state index contributed by atoms with van der Waals surface area (Å²) in [6.45, 7) is 0. The van der Waals surface area contributed by atoms with E-state index in [2.05, 4.69) is 25.9 Å². The highest BCUT2D eigenvalue weighted by Gasteiger charge is 2.31. The molecule has 0 saturated heterocycles. The highest BCUT2D eigenvalue weighted by molar-refractivity contribution is 5.95. The van der Waals surface area contributed by atoms with Crippen LogP contribution in [0, 0.1) is 0 Å². The lowest BCUT2D eigenvalue weighted by Gasteiger charge is -2.24. The van der Waals surface area contributed by atoms with Crippen molar-refractivity contribution >= 4 is 41.5 Å². The fraction of sp³-hybridized carbons (Fsp3) is 0.500. The molecule has 37 heavy (non-hydrogen) atoms. The van der Waals surface area contributed by atoms with Crippen molar-refractivity contribution in [2.24, 2.45) is 11.5 Å². The second-order valence-electron chi connectivity index (χ2n) is 7.94. The minimum Gasteiger partial charge on any atom is -0.481 e. The number of carboxylic acid groups (broad SMARTS) is 3. The second-order valence-corrected chi connectivity index (χ2v) is 7.94. The highest BCUT2D eigenvalue weighted by atomic mass is 16.4. The fourth-order valence-corrected chi connectivity index (χ4v) is 3.02. The van der Waals surface area contributed by atoms with Gasteiger partial charge in [-0.2, -0.15) is 0 Å². The monoisotopic (exact) mass is 527 g/mol. The molecule has 17 nitrogen and oxygen atoms in total. The molecule has 0 spiro atoms. The first kappa shape index (κ1) is 30.5. The summed E-state index contributed by atoms with van der Waals surface area (Å²) in [4.78, 5) is 88.9. The molecule has 0 fully saturated rings. The van der Waals surface area contributed by atoms with E-state index in [0.29, 0.717) is 5.69 Å². The number of carbonyl (C=O) groups is 7. The Labute approximate surface area is 209 Å². The lowest BCUT2D eigenvalue weighted by atomic mass is 10.1. The van der Waals surface area contributed by atoms with Crippen LogP contribution in [-0.2, 0) is 40.0 Å². The van der Waals surface area contributed by atoms with Gasteiger partial charge in [-0.25, -0.2) is 9.78 Å². The summed E-state index contributed by atoms with van der Waals surface area (Å²) in [5.74, 6) is -7.93. The number of aromatic amines is 1. The van der Waals surface area contributed by atoms with Gasteiger partial charge in [0.25, 0.3) is 0 Å². The van der Waals surface area contributed by atoms with Gasteiger partial charge in [0.2, 0.25) is 23.6 Å². The van der Waals surface area contributed by atoms with Crippen LogP contribution < -0.4 is 27.4 Å². The Bertz CT molecular complexity index is 998. The van der Waals surface area contributed by atoms with Crippen LogP contribution in [-0.4, -0.2) is 91.0 Å². The third kappa shape index (κ3) is 11.6. The maximum absolute atomic E-state index is 13.0. The summed E-state index contributed by atoms with van der Waals surface area (Å²) in [5.41, 5.74) is 10.9. The van der Waals surface area contributed by atoms with E-state index in [1.807, 2.05) is 0 Å². The van der Waals surface area contributed by atoms with Gasteiger partial charge in [-0.1, -0.05) is 0 Å². The number of hydrogen-bond donors (Lipinski definition) is 9. The van der Waals surface area contributed by atoms with Crippen molar-refractivity contribution in [1.29, 1.82) is 0 Å². The molecule has 1 rings (SSSR count). The number of carbonyl (C=O) groups excluding carboxylic acids is 4. The van der Waals surface area contributed by atoms with Gasteiger partial charge in [-0.05, 0) is 12.8 Å². The maximum atomic E-state index is 13.0. The van der Waals surface area contributed by atoms with Gasteiger partial charge in [0.15, 0.2) is 0 Å². The lowest BCUT2D eigenvalue weighted by molar-refractivity contribution is -0.143. The number of imidazole rings is 1. The Balaban J connectivity index is 3.09. The summed E-state index contributed by atoms with van der Waals surface area (Å²) < 4.78 is 0. The number of rotatable bonds is 17. The van der Waals surface area contributed by atoms with Crippen LogP contribution in [0.3, 0.4) is 0 Å². The van der Waals surface area contributed by atoms with Crippen LogP contribution in [0.15, 0.2) is 12.5 Å². The van der Waals surface area contributed by atoms with E-state index in [4.69, 9.17) is 21.7 Å². The molecule has 17 heteroatoms. The number of carboxylic acids is 3. The number of hydrogen-bond acceptors (Lipinski definition) is 9. The van der Waals surface area contributed by atoms with E-state index in [-0.39, 0.29) is 6.42 Å². The molecule has 1 aromatic rings. The number of primary amides is 1. The van der Waals surface area contributed by atoms with Gasteiger partial charge in [0.1, 0.15) is 18.1 Å². The molecule has 1 aromatic heterocycles. The van der Waals surface area contributed by atoms with Crippen molar-refractivity contribution in [2.75, 3.05) is 0 Å². The van der Waals surface area contributed by atoms with Gasteiger partial charge >= 0.3 is 17.9 Å². The van der Waals surface area contributed by atoms with E-state index in [1.54, 1.807) is 0 Å². The Hall–Kier alpha value is -4.54. The average molecular weight is 527 g/mol. The molecular weight excluding hydrogens is 498 g/mol. The van der Waals surface area contributed by atoms with Crippen molar-refractivity contribution in [1.82, 2.24) is 25.9 Å². The Morgan fingerprint density at radius 1 is 0.838 bits per heavy atom. The molecule has 4 amide bonds. The second kappa shape index (κ2) is 14.8. The summed E-state index contributed by atoms with van der Waals surface area (Å²) >= 11 is 0. The third-order valence-electron chi connectivity index (χ3n) is 4.91. The van der Waals surface area contributed by atoms with Crippen molar-refractivity contribution in [3.05, 3.63) is 18.2 Å². The minimum absolute atomic E-state index is 0.219. The molecule has 0 aromatic carbocycles. The first-order valence-corrected chi connectivity index (χ1v) is 10.9. The molecule has 4 atom stereocenters. The molecule has 0 radical (unpaired) electrons. The normalized spacial score (nSPS) is 13.9. The Morgan fingerprint density at radius 2 is 1.35 bits per heavy atom. The van der Waals surface area contributed by atoms with Crippen LogP contribution in [0.1, 0.15) is 37.8 Å². The summed E-state index contributed by atoms with van der Waals surface area (Å²) in [7, 11) is 0. The number of aliphatic carboxylic acids is 3. The maximum Gasteiger partial charge on any atom is 0.326 e. The van der Waals surface area contributed by atoms with E-state index in [1.165, 1.54) is 12.5 Å². The van der Waals surface area contributed by atoms with E-state index >= 15 is 0 Å². The zero-order chi connectivity index (χ0) is 28.1. The number of nitrogens with one attached hydrogen (secondary N) is 4. The smallest absolute Gasteiger partial charge is 0.326 e. The van der Waals surface area contributed by atoms with Crippen LogP contribution >= 0.6 is 0 Å². The molecule has 204 valence electrons. The summed E-state index contributed by atoms with van der Waals surface area (Å²) in [6.07, 6.45) is -0.102. The Kier molecular flexibility index (Phi) is 12.2. The van der Waals surface area contributed by atoms with Crippen LogP contribution in [0.2, 0.25) is 0 Å². The van der Waals surface area contributed by atoms with Gasteiger partial charge in [0, 0.05) is 31.2 Å². The zero-order valence-corrected chi connectivity index (χ0v) is 19.5. The average Bonchev–Trinajstić information content (AvgIpc) is 3.30. The zero-order valence-electron chi connectivity index (χ0n) is 19.5. The first-order valence-electron chi connectivity index (χ1n) is 10.9. The molecule has 0 aliphatic rings. The van der Waals surface area contributed by atoms with Gasteiger partial charge < -0.3 is 47.7 Å². The van der Waals surface area contributed by atoms with E-state index in [0.717, 1.165) is 0 Å². The number of nitrogens with two attached hydrogens (primary N) is 2. The molecule has 0 saturated carbocycles. The van der Waals surface area contributed by atoms with Crippen LogP contribution in [0.25, 0.3) is 0 Å². The Morgan fingerprint density at radius 3 is 1.84 bits per heavy atom. The molecule has 1 heterocycles. The molecule has 0 aliphatic carbocycles. The summed E-state index contributed by atoms with van der Waals surface area (Å²) in [5, 5.41) is 33.8. The third-order valence-corrected chi connectivity index (χ3v) is 4.91. The standard InChI is InChI=1S/C20H29N7O10/c21-10(6-14(22)28)17(33)25-11(1-3-15(29)30)18(34)27-13(5-9-7-23-8-24-9)19(35)26-12(20(36)37)2-4-16(31)32/h7-8,10-13H,1-6,21H2,(H2,22,28)(H,23,24)(H,25,33)(H,26,35)(H,27,34)(H,29,30)(H,31,32)(H,36,37). The SMILES string of the molecule is NC(=O)CC(N)C(=O)NC(CCC(=O)O)C(=O)NC(Cc1cnc[nH]1)C(=O)NC(CCC(=O)O)C(=O)O.